The highest BCUT2D eigenvalue weighted by molar-refractivity contribution is 7.13. The van der Waals surface area contributed by atoms with E-state index >= 15 is 0 Å². The van der Waals surface area contributed by atoms with Crippen molar-refractivity contribution in [3.05, 3.63) is 70.2 Å². The minimum absolute atomic E-state index is 0.0108. The molecule has 3 aromatic rings. The Balaban J connectivity index is 0.00000126. The lowest BCUT2D eigenvalue weighted by Crippen LogP contribution is -2.16. The minimum atomic E-state index is -1.18. The number of hydrogen-bond acceptors (Lipinski definition) is 4. The topological polar surface area (TPSA) is 65.2 Å². The molecule has 7 heteroatoms. The van der Waals surface area contributed by atoms with Crippen LogP contribution in [0.2, 0.25) is 0 Å². The van der Waals surface area contributed by atoms with Crippen molar-refractivity contribution in [3.8, 4) is 16.3 Å². The third-order valence-electron chi connectivity index (χ3n) is 3.53. The lowest BCUT2D eigenvalue weighted by atomic mass is 10.1. The number of rotatable bonds is 5. The fourth-order valence-corrected chi connectivity index (χ4v) is 3.03. The maximum Gasteiger partial charge on any atom is 0.254 e. The standard InChI is InChI=1S/C18H14F2N2O2S.C2H6/c1-10-2-4-11(5-3-10)18-22-12(9-25-18)8-24-14-7-6-13(19)15(16(14)20)17(21)23;1-2/h2-7,9H,8H2,1H3,(H2,21,23);1-2H3. The molecule has 0 aliphatic carbocycles. The lowest BCUT2D eigenvalue weighted by Gasteiger charge is -2.08. The van der Waals surface area contributed by atoms with E-state index in [0.29, 0.717) is 5.69 Å². The van der Waals surface area contributed by atoms with Crippen LogP contribution in [0, 0.1) is 18.6 Å². The maximum absolute atomic E-state index is 14.1. The largest absolute Gasteiger partial charge is 0.484 e. The first-order valence-corrected chi connectivity index (χ1v) is 9.25. The van der Waals surface area contributed by atoms with Gasteiger partial charge in [0, 0.05) is 10.9 Å². The summed E-state index contributed by atoms with van der Waals surface area (Å²) < 4.78 is 32.9. The second-order valence-corrected chi connectivity index (χ2v) is 6.26. The van der Waals surface area contributed by atoms with Gasteiger partial charge in [-0.05, 0) is 19.1 Å². The summed E-state index contributed by atoms with van der Waals surface area (Å²) in [5.41, 5.74) is 6.91. The first-order chi connectivity index (χ1) is 13.0. The van der Waals surface area contributed by atoms with Gasteiger partial charge in [0.1, 0.15) is 23.0 Å². The van der Waals surface area contributed by atoms with E-state index in [1.54, 1.807) is 5.38 Å². The minimum Gasteiger partial charge on any atom is -0.484 e. The summed E-state index contributed by atoms with van der Waals surface area (Å²) in [6, 6.07) is 9.98. The number of nitrogens with zero attached hydrogens (tertiary/aromatic N) is 1. The molecule has 0 aliphatic heterocycles. The van der Waals surface area contributed by atoms with Crippen molar-refractivity contribution in [1.82, 2.24) is 4.98 Å². The highest BCUT2D eigenvalue weighted by Gasteiger charge is 2.19. The van der Waals surface area contributed by atoms with Crippen molar-refractivity contribution >= 4 is 17.2 Å². The summed E-state index contributed by atoms with van der Waals surface area (Å²) in [6.07, 6.45) is 0. The summed E-state index contributed by atoms with van der Waals surface area (Å²) in [4.78, 5) is 15.6. The number of benzene rings is 2. The third-order valence-corrected chi connectivity index (χ3v) is 4.47. The van der Waals surface area contributed by atoms with Gasteiger partial charge in [0.15, 0.2) is 11.6 Å². The van der Waals surface area contributed by atoms with Gasteiger partial charge in [-0.2, -0.15) is 0 Å². The molecular weight excluding hydrogens is 370 g/mol. The molecule has 0 saturated carbocycles. The first kappa shape index (κ1) is 20.5. The number of ether oxygens (including phenoxy) is 1. The van der Waals surface area contributed by atoms with Crippen LogP contribution >= 0.6 is 11.3 Å². The molecule has 1 aromatic heterocycles. The van der Waals surface area contributed by atoms with Crippen LogP contribution in [0.15, 0.2) is 41.8 Å². The van der Waals surface area contributed by atoms with Crippen LogP contribution in [0.25, 0.3) is 10.6 Å². The van der Waals surface area contributed by atoms with E-state index < -0.39 is 23.1 Å². The van der Waals surface area contributed by atoms with Crippen molar-refractivity contribution in [3.63, 3.8) is 0 Å². The predicted octanol–water partition coefficient (Wildman–Crippen LogP) is 5.10. The number of carbonyl (C=O) groups excluding carboxylic acids is 1. The van der Waals surface area contributed by atoms with E-state index in [0.717, 1.165) is 28.3 Å². The normalized spacial score (nSPS) is 10.1. The fraction of sp³-hybridized carbons (Fsp3) is 0.200. The van der Waals surface area contributed by atoms with Gasteiger partial charge in [0.05, 0.1) is 5.69 Å². The Morgan fingerprint density at radius 3 is 2.44 bits per heavy atom. The third kappa shape index (κ3) is 4.89. The summed E-state index contributed by atoms with van der Waals surface area (Å²) in [6.45, 7) is 5.99. The smallest absolute Gasteiger partial charge is 0.254 e. The molecule has 142 valence electrons. The van der Waals surface area contributed by atoms with Crippen LogP contribution < -0.4 is 10.5 Å². The number of halogens is 2. The van der Waals surface area contributed by atoms with E-state index in [1.807, 2.05) is 45.0 Å². The molecule has 1 heterocycles. The summed E-state index contributed by atoms with van der Waals surface area (Å²) >= 11 is 1.44. The van der Waals surface area contributed by atoms with Gasteiger partial charge < -0.3 is 10.5 Å². The van der Waals surface area contributed by atoms with Crippen molar-refractivity contribution in [2.45, 2.75) is 27.4 Å². The number of thiazole rings is 1. The molecular formula is C20H20F2N2O2S. The average molecular weight is 390 g/mol. The highest BCUT2D eigenvalue weighted by atomic mass is 32.1. The van der Waals surface area contributed by atoms with E-state index in [2.05, 4.69) is 4.98 Å². The molecule has 0 atom stereocenters. The van der Waals surface area contributed by atoms with Crippen molar-refractivity contribution < 1.29 is 18.3 Å². The van der Waals surface area contributed by atoms with Crippen LogP contribution in [0.4, 0.5) is 8.78 Å². The van der Waals surface area contributed by atoms with Gasteiger partial charge in [-0.3, -0.25) is 4.79 Å². The van der Waals surface area contributed by atoms with Crippen molar-refractivity contribution in [2.75, 3.05) is 0 Å². The Hall–Kier alpha value is -2.80. The van der Waals surface area contributed by atoms with Crippen LogP contribution in [0.1, 0.15) is 35.5 Å². The SMILES string of the molecule is CC.Cc1ccc(-c2nc(COc3ccc(F)c(C(N)=O)c3F)cs2)cc1. The molecule has 0 spiro atoms. The molecule has 2 N–H and O–H groups in total. The number of hydrogen-bond donors (Lipinski definition) is 1. The maximum atomic E-state index is 14.1. The second-order valence-electron chi connectivity index (χ2n) is 5.40. The average Bonchev–Trinajstić information content (AvgIpc) is 3.12. The molecule has 0 fully saturated rings. The molecule has 3 rings (SSSR count). The lowest BCUT2D eigenvalue weighted by molar-refractivity contribution is 0.0991. The molecule has 0 aliphatic rings. The van der Waals surface area contributed by atoms with Gasteiger partial charge in [-0.1, -0.05) is 43.7 Å². The molecule has 0 bridgehead atoms. The van der Waals surface area contributed by atoms with Crippen LogP contribution in [-0.2, 0) is 6.61 Å². The van der Waals surface area contributed by atoms with Gasteiger partial charge in [-0.15, -0.1) is 11.3 Å². The van der Waals surface area contributed by atoms with E-state index in [4.69, 9.17) is 10.5 Å². The zero-order valence-corrected chi connectivity index (χ0v) is 16.1. The fourth-order valence-electron chi connectivity index (χ4n) is 2.22. The van der Waals surface area contributed by atoms with Crippen LogP contribution in [0.5, 0.6) is 5.75 Å². The van der Waals surface area contributed by atoms with E-state index in [9.17, 15) is 13.6 Å². The zero-order valence-electron chi connectivity index (χ0n) is 15.3. The molecule has 0 saturated heterocycles. The van der Waals surface area contributed by atoms with Gasteiger partial charge >= 0.3 is 0 Å². The van der Waals surface area contributed by atoms with Crippen molar-refractivity contribution in [2.24, 2.45) is 5.73 Å². The van der Waals surface area contributed by atoms with Gasteiger partial charge in [-0.25, -0.2) is 13.8 Å². The summed E-state index contributed by atoms with van der Waals surface area (Å²) in [7, 11) is 0. The predicted molar refractivity (Wildman–Crippen MR) is 103 cm³/mol. The Labute approximate surface area is 160 Å². The molecule has 1 amide bonds. The molecule has 0 radical (unpaired) electrons. The summed E-state index contributed by atoms with van der Waals surface area (Å²) in [5.74, 6) is -3.56. The zero-order chi connectivity index (χ0) is 20.0. The van der Waals surface area contributed by atoms with Crippen LogP contribution in [-0.4, -0.2) is 10.9 Å². The number of amides is 1. The van der Waals surface area contributed by atoms with Gasteiger partial charge in [0.2, 0.25) is 0 Å². The molecule has 0 unspecified atom stereocenters. The number of nitrogens with two attached hydrogens (primary N) is 1. The number of primary amides is 1. The number of aromatic nitrogens is 1. The van der Waals surface area contributed by atoms with Crippen molar-refractivity contribution in [1.29, 1.82) is 0 Å². The Bertz CT molecular complexity index is 924. The van der Waals surface area contributed by atoms with E-state index in [-0.39, 0.29) is 12.4 Å². The van der Waals surface area contributed by atoms with Gasteiger partial charge in [0.25, 0.3) is 5.91 Å². The number of aryl methyl sites for hydroxylation is 1. The second kappa shape index (κ2) is 9.23. The first-order valence-electron chi connectivity index (χ1n) is 8.37. The number of carbonyl (C=O) groups is 1. The van der Waals surface area contributed by atoms with Crippen LogP contribution in [0.3, 0.4) is 0 Å². The Kier molecular flexibility index (Phi) is 7.01. The molecule has 27 heavy (non-hydrogen) atoms. The quantitative estimate of drug-likeness (QED) is 0.659. The molecule has 4 nitrogen and oxygen atoms in total. The monoisotopic (exact) mass is 390 g/mol. The summed E-state index contributed by atoms with van der Waals surface area (Å²) in [5, 5.41) is 2.61. The Morgan fingerprint density at radius 1 is 1.15 bits per heavy atom. The van der Waals surface area contributed by atoms with E-state index in [1.165, 1.54) is 11.3 Å². The highest BCUT2D eigenvalue weighted by Crippen LogP contribution is 2.26. The Morgan fingerprint density at radius 2 is 1.81 bits per heavy atom. The molecule has 2 aromatic carbocycles.